The van der Waals surface area contributed by atoms with Crippen LogP contribution in [0.25, 0.3) is 242 Å². The predicted octanol–water partition coefficient (Wildman–Crippen LogP) is 32.5. The van der Waals surface area contributed by atoms with E-state index in [0.29, 0.717) is 0 Å². The van der Waals surface area contributed by atoms with Gasteiger partial charge in [0.2, 0.25) is 0 Å². The predicted molar refractivity (Wildman–Crippen MR) is 564 cm³/mol. The van der Waals surface area contributed by atoms with E-state index in [1.807, 2.05) is 0 Å². The van der Waals surface area contributed by atoms with Crippen LogP contribution < -0.4 is 0 Å². The molecule has 0 aliphatic heterocycles. The van der Waals surface area contributed by atoms with Gasteiger partial charge in [-0.2, -0.15) is 0 Å². The van der Waals surface area contributed by atoms with Crippen LogP contribution in [-0.4, -0.2) is 36.5 Å². The molecule has 0 atom stereocenters. The summed E-state index contributed by atoms with van der Waals surface area (Å²) in [6, 6.07) is 178. The zero-order valence-corrected chi connectivity index (χ0v) is 73.1. The van der Waals surface area contributed by atoms with Gasteiger partial charge < -0.3 is 36.5 Å². The van der Waals surface area contributed by atoms with Gasteiger partial charge in [0.25, 0.3) is 0 Å². The molecule has 0 saturated heterocycles. The van der Waals surface area contributed by atoms with E-state index in [9.17, 15) is 0 Å². The molecule has 0 radical (unpaired) electrons. The summed E-state index contributed by atoms with van der Waals surface area (Å²) >= 11 is 0. The highest BCUT2D eigenvalue weighted by Crippen LogP contribution is 2.59. The van der Waals surface area contributed by atoms with Gasteiger partial charge in [-0.1, -0.05) is 303 Å². The van der Waals surface area contributed by atoms with Crippen molar-refractivity contribution in [3.05, 3.63) is 495 Å². The fourth-order valence-corrected chi connectivity index (χ4v) is 24.4. The van der Waals surface area contributed by atoms with Gasteiger partial charge >= 0.3 is 0 Å². The molecule has 30 rings (SSSR count). The highest BCUT2D eigenvalue weighted by Gasteiger charge is 2.47. The molecule has 1 aliphatic rings. The van der Waals surface area contributed by atoms with E-state index >= 15 is 0 Å². The van der Waals surface area contributed by atoms with Crippen molar-refractivity contribution in [1.29, 1.82) is 0 Å². The summed E-state index contributed by atoms with van der Waals surface area (Å²) in [6.07, 6.45) is 0. The zero-order chi connectivity index (χ0) is 88.0. The van der Waals surface area contributed by atoms with Crippen molar-refractivity contribution in [3.8, 4) is 67.8 Å². The van der Waals surface area contributed by atoms with Gasteiger partial charge in [0.05, 0.1) is 93.7 Å². The monoisotopic (exact) mass is 1710 g/mol. The van der Waals surface area contributed by atoms with Crippen molar-refractivity contribution in [1.82, 2.24) is 36.5 Å². The van der Waals surface area contributed by atoms with E-state index in [-0.39, 0.29) is 0 Å². The van der Waals surface area contributed by atoms with Gasteiger partial charge in [0.15, 0.2) is 0 Å². The quantitative estimate of drug-likeness (QED) is 0.124. The topological polar surface area (TPSA) is 39.4 Å². The molecule has 1 aliphatic carbocycles. The van der Waals surface area contributed by atoms with Crippen LogP contribution in [0.4, 0.5) is 0 Å². The minimum absolute atomic E-state index is 0.922. The normalized spacial score (nSPS) is 12.8. The van der Waals surface area contributed by atoms with E-state index in [2.05, 4.69) is 510 Å². The second kappa shape index (κ2) is 28.0. The van der Waals surface area contributed by atoms with Crippen molar-refractivity contribution in [2.24, 2.45) is 0 Å². The number of hydrogen-bond donors (Lipinski definition) is 0. The standard InChI is InChI=1S/C127H78N8/c1-5-34-81(35-6-1)127(82-36-29-32-79(70-82)80-33-30-43-86(71-80)129-112-55-22-18-51-98(112)107-78-122-108(77-120(107)129)100-53-20-24-57-114(100)131(122)88-45-31-44-87(72-88)130-113-56-23-19-52-99(113)106-75-119-105(76-121(106)130)97-50-17-21-54-111(97)128(119)83-37-7-2-8-38-83)109-73-89(134-117-60-27-15-48-95(117)103-68-66-101-93-46-13-25-58-115(93)132(123(101)125(103)134)84-39-9-3-10-40-84)62-64-91(109)92-65-63-90(74-110(92)127)135-118-61-28-16-49-96(118)104-69-67-102-94-47-14-26-59-116(94)133(124(102)126(104)135)85-41-11-4-12-42-85/h1-78H. The molecule has 8 heteroatoms. The second-order valence-corrected chi connectivity index (χ2v) is 36.5. The number of rotatable bonds is 11. The first kappa shape index (κ1) is 73.9. The van der Waals surface area contributed by atoms with Gasteiger partial charge in [-0.25, -0.2) is 0 Å². The van der Waals surface area contributed by atoms with Crippen LogP contribution in [-0.2, 0) is 5.41 Å². The molecule has 0 fully saturated rings. The lowest BCUT2D eigenvalue weighted by Crippen LogP contribution is -2.29. The SMILES string of the molecule is c1ccc(-n2c3ccccc3c3cc4c(cc32)c2ccccc2n4-c2cccc(-n3c4ccccc4c4cc5c(cc43)c3ccccc3n5-c3cccc(-c4cccc(C5(c6ccccc6)c6cc(-n7c8ccccc8c8ccc9c%10ccccc%10n(-c%10ccccc%10)c9c87)ccc6-c6ccc(-n7c8ccccc8c8ccc9c%10ccccc%10n(-c%10ccccc%10)c9c87)cc65)c4)c3)c2)cc1. The summed E-state index contributed by atoms with van der Waals surface area (Å²) in [6.45, 7) is 0. The number of nitrogens with zero attached hydrogens (tertiary/aromatic N) is 8. The lowest BCUT2D eigenvalue weighted by Gasteiger charge is -2.35. The van der Waals surface area contributed by atoms with E-state index in [4.69, 9.17) is 0 Å². The van der Waals surface area contributed by atoms with Crippen LogP contribution >= 0.6 is 0 Å². The zero-order valence-electron chi connectivity index (χ0n) is 73.1. The molecule has 626 valence electrons. The minimum atomic E-state index is -0.922. The maximum absolute atomic E-state index is 2.58. The Morgan fingerprint density at radius 1 is 0.126 bits per heavy atom. The minimum Gasteiger partial charge on any atom is -0.309 e. The fraction of sp³-hybridized carbons (Fsp3) is 0.00787. The maximum Gasteiger partial charge on any atom is 0.0788 e. The largest absolute Gasteiger partial charge is 0.309 e. The summed E-state index contributed by atoms with van der Waals surface area (Å²) in [5, 5.41) is 19.3. The summed E-state index contributed by atoms with van der Waals surface area (Å²) in [5.41, 5.74) is 35.8. The molecular weight excluding hydrogens is 1640 g/mol. The summed E-state index contributed by atoms with van der Waals surface area (Å²) in [5.74, 6) is 0. The maximum atomic E-state index is 2.58. The molecule has 0 unspecified atom stereocenters. The first-order valence-electron chi connectivity index (χ1n) is 46.7. The number of aromatic nitrogens is 8. The Balaban J connectivity index is 0.621. The molecule has 0 bridgehead atoms. The van der Waals surface area contributed by atoms with Crippen molar-refractivity contribution >= 4 is 174 Å². The van der Waals surface area contributed by atoms with Gasteiger partial charge in [-0.05, 0) is 214 Å². The Labute approximate surface area is 774 Å². The van der Waals surface area contributed by atoms with Crippen molar-refractivity contribution < 1.29 is 0 Å². The van der Waals surface area contributed by atoms with Crippen LogP contribution in [0.2, 0.25) is 0 Å². The molecule has 135 heavy (non-hydrogen) atoms. The Kier molecular flexibility index (Phi) is 15.3. The van der Waals surface area contributed by atoms with E-state index < -0.39 is 5.41 Å². The van der Waals surface area contributed by atoms with Gasteiger partial charge in [-0.15, -0.1) is 0 Å². The van der Waals surface area contributed by atoms with Gasteiger partial charge in [-0.3, -0.25) is 0 Å². The highest BCUT2D eigenvalue weighted by atomic mass is 15.1. The molecule has 8 aromatic heterocycles. The first-order chi connectivity index (χ1) is 67.0. The number of para-hydroxylation sites is 11. The van der Waals surface area contributed by atoms with E-state index in [1.54, 1.807) is 0 Å². The third-order valence-corrected chi connectivity index (χ3v) is 29.8. The van der Waals surface area contributed by atoms with Crippen molar-refractivity contribution in [3.63, 3.8) is 0 Å². The van der Waals surface area contributed by atoms with Crippen LogP contribution in [0.3, 0.4) is 0 Å². The summed E-state index contributed by atoms with van der Waals surface area (Å²) in [4.78, 5) is 0. The number of benzene rings is 21. The smallest absolute Gasteiger partial charge is 0.0788 e. The van der Waals surface area contributed by atoms with Crippen molar-refractivity contribution in [2.45, 2.75) is 5.41 Å². The number of hydrogen-bond acceptors (Lipinski definition) is 0. The van der Waals surface area contributed by atoms with E-state index in [1.165, 1.54) is 153 Å². The Morgan fingerprint density at radius 3 is 0.711 bits per heavy atom. The van der Waals surface area contributed by atoms with E-state index in [0.717, 1.165) is 112 Å². The molecule has 8 heterocycles. The summed E-state index contributed by atoms with van der Waals surface area (Å²) < 4.78 is 20.1. The Morgan fingerprint density at radius 2 is 0.363 bits per heavy atom. The molecule has 0 saturated carbocycles. The average molecular weight is 1720 g/mol. The Bertz CT molecular complexity index is 9860. The third-order valence-electron chi connectivity index (χ3n) is 29.8. The molecule has 0 amide bonds. The van der Waals surface area contributed by atoms with Gasteiger partial charge in [0, 0.05) is 132 Å². The third kappa shape index (κ3) is 10.2. The van der Waals surface area contributed by atoms with Crippen LogP contribution in [0.1, 0.15) is 22.3 Å². The van der Waals surface area contributed by atoms with Crippen molar-refractivity contribution in [2.75, 3.05) is 0 Å². The van der Waals surface area contributed by atoms with Crippen LogP contribution in [0, 0.1) is 0 Å². The molecule has 29 aromatic rings. The molecular formula is C127H78N8. The van der Waals surface area contributed by atoms with Gasteiger partial charge in [0.1, 0.15) is 0 Å². The molecule has 21 aromatic carbocycles. The molecule has 0 N–H and O–H groups in total. The second-order valence-electron chi connectivity index (χ2n) is 36.5. The molecule has 8 nitrogen and oxygen atoms in total. The summed E-state index contributed by atoms with van der Waals surface area (Å²) in [7, 11) is 0. The fourth-order valence-electron chi connectivity index (χ4n) is 24.4. The van der Waals surface area contributed by atoms with Crippen LogP contribution in [0.15, 0.2) is 473 Å². The Hall–Kier alpha value is -18.0. The highest BCUT2D eigenvalue weighted by molar-refractivity contribution is 6.27. The lowest BCUT2D eigenvalue weighted by atomic mass is 9.67. The van der Waals surface area contributed by atoms with Crippen LogP contribution in [0.5, 0.6) is 0 Å². The average Bonchev–Trinajstić information content (AvgIpc) is 1.52. The first-order valence-corrected chi connectivity index (χ1v) is 46.7. The molecule has 0 spiro atoms. The number of fused-ring (bicyclic) bond motifs is 29. The lowest BCUT2D eigenvalue weighted by molar-refractivity contribution is 0.767.